The number of benzene rings is 1. The zero-order valence-electron chi connectivity index (χ0n) is 13.8. The van der Waals surface area contributed by atoms with Crippen LogP contribution in [0.25, 0.3) is 0 Å². The molecular weight excluding hydrogens is 276 g/mol. The third-order valence-electron chi connectivity index (χ3n) is 3.85. The van der Waals surface area contributed by atoms with E-state index >= 15 is 0 Å². The molecule has 0 amide bonds. The number of aliphatic hydroxyl groups is 1. The van der Waals surface area contributed by atoms with Gasteiger partial charge in [-0.3, -0.25) is 0 Å². The summed E-state index contributed by atoms with van der Waals surface area (Å²) >= 11 is 1.76. The molecular formula is C19H32OS. The second-order valence-electron chi connectivity index (χ2n) is 6.04. The Hall–Kier alpha value is -0.470. The van der Waals surface area contributed by atoms with E-state index in [-0.39, 0.29) is 6.10 Å². The van der Waals surface area contributed by atoms with Gasteiger partial charge in [-0.05, 0) is 25.5 Å². The maximum atomic E-state index is 10.0. The zero-order chi connectivity index (χ0) is 15.3. The van der Waals surface area contributed by atoms with E-state index in [2.05, 4.69) is 38.1 Å². The molecule has 1 aromatic rings. The highest BCUT2D eigenvalue weighted by atomic mass is 32.2. The number of hydrogen-bond donors (Lipinski definition) is 1. The largest absolute Gasteiger partial charge is 0.392 e. The fraction of sp³-hybridized carbons (Fsp3) is 0.684. The van der Waals surface area contributed by atoms with Crippen molar-refractivity contribution in [1.82, 2.24) is 0 Å². The molecule has 0 saturated carbocycles. The molecule has 0 aliphatic heterocycles. The molecule has 120 valence electrons. The van der Waals surface area contributed by atoms with Crippen LogP contribution >= 0.6 is 11.8 Å². The molecule has 1 rings (SSSR count). The van der Waals surface area contributed by atoms with Crippen molar-refractivity contribution < 1.29 is 5.11 Å². The Kier molecular flexibility index (Phi) is 10.7. The van der Waals surface area contributed by atoms with Crippen LogP contribution in [0.4, 0.5) is 0 Å². The van der Waals surface area contributed by atoms with Crippen molar-refractivity contribution in [1.29, 1.82) is 0 Å². The number of aryl methyl sites for hydroxylation is 1. The smallest absolute Gasteiger partial charge is 0.0634 e. The van der Waals surface area contributed by atoms with E-state index in [1.54, 1.807) is 11.8 Å². The minimum atomic E-state index is -0.156. The second kappa shape index (κ2) is 12.1. The summed E-state index contributed by atoms with van der Waals surface area (Å²) in [5.41, 5.74) is 1.29. The quantitative estimate of drug-likeness (QED) is 0.378. The summed E-state index contributed by atoms with van der Waals surface area (Å²) in [6, 6.07) is 8.55. The van der Waals surface area contributed by atoms with E-state index in [1.165, 1.54) is 61.8 Å². The summed E-state index contributed by atoms with van der Waals surface area (Å²) < 4.78 is 0. The summed E-state index contributed by atoms with van der Waals surface area (Å²) in [7, 11) is 0. The average Bonchev–Trinajstić information content (AvgIpc) is 2.49. The Morgan fingerprint density at radius 2 is 1.48 bits per heavy atom. The topological polar surface area (TPSA) is 20.2 Å². The molecule has 0 heterocycles. The Morgan fingerprint density at radius 1 is 0.905 bits per heavy atom. The first-order valence-electron chi connectivity index (χ1n) is 8.60. The lowest BCUT2D eigenvalue weighted by atomic mass is 10.1. The molecule has 1 N–H and O–H groups in total. The fourth-order valence-electron chi connectivity index (χ4n) is 2.42. The van der Waals surface area contributed by atoms with Crippen molar-refractivity contribution in [2.75, 3.05) is 5.75 Å². The molecule has 0 bridgehead atoms. The highest BCUT2D eigenvalue weighted by Gasteiger charge is 2.05. The van der Waals surface area contributed by atoms with Crippen molar-refractivity contribution >= 4 is 11.8 Å². The number of thioether (sulfide) groups is 1. The third-order valence-corrected chi connectivity index (χ3v) is 5.01. The first-order valence-corrected chi connectivity index (χ1v) is 9.58. The summed E-state index contributed by atoms with van der Waals surface area (Å²) in [5.74, 6) is 0.819. The van der Waals surface area contributed by atoms with Gasteiger partial charge in [0, 0.05) is 10.6 Å². The average molecular weight is 309 g/mol. The van der Waals surface area contributed by atoms with Crippen molar-refractivity contribution in [3.63, 3.8) is 0 Å². The minimum absolute atomic E-state index is 0.156. The van der Waals surface area contributed by atoms with Gasteiger partial charge in [0.15, 0.2) is 0 Å². The second-order valence-corrected chi connectivity index (χ2v) is 7.13. The van der Waals surface area contributed by atoms with E-state index < -0.39 is 0 Å². The molecule has 0 unspecified atom stereocenters. The maximum Gasteiger partial charge on any atom is 0.0634 e. The van der Waals surface area contributed by atoms with Crippen LogP contribution in [0.15, 0.2) is 29.2 Å². The van der Waals surface area contributed by atoms with Crippen molar-refractivity contribution in [3.8, 4) is 0 Å². The first-order chi connectivity index (χ1) is 10.2. The molecule has 0 fully saturated rings. The SMILES string of the molecule is CCCCCCCCCC[C@H](O)CSc1ccc(C)cc1. The van der Waals surface area contributed by atoms with Crippen LogP contribution in [-0.4, -0.2) is 17.0 Å². The van der Waals surface area contributed by atoms with Gasteiger partial charge < -0.3 is 5.11 Å². The molecule has 1 aromatic carbocycles. The standard InChI is InChI=1S/C19H32OS/c1-3-4-5-6-7-8-9-10-11-18(20)16-21-19-14-12-17(2)13-15-19/h12-15,18,20H,3-11,16H2,1-2H3/t18-/m0/s1. The van der Waals surface area contributed by atoms with Crippen molar-refractivity contribution in [2.45, 2.75) is 82.6 Å². The lowest BCUT2D eigenvalue weighted by molar-refractivity contribution is 0.185. The van der Waals surface area contributed by atoms with E-state index in [4.69, 9.17) is 0 Å². The summed E-state index contributed by atoms with van der Waals surface area (Å²) in [6.45, 7) is 4.36. The predicted molar refractivity (Wildman–Crippen MR) is 95.1 cm³/mol. The van der Waals surface area contributed by atoms with Gasteiger partial charge in [0.25, 0.3) is 0 Å². The van der Waals surface area contributed by atoms with Crippen LogP contribution in [-0.2, 0) is 0 Å². The molecule has 1 atom stereocenters. The van der Waals surface area contributed by atoms with Crippen LogP contribution in [0.2, 0.25) is 0 Å². The van der Waals surface area contributed by atoms with Gasteiger partial charge in [0.1, 0.15) is 0 Å². The molecule has 0 spiro atoms. The zero-order valence-corrected chi connectivity index (χ0v) is 14.6. The van der Waals surface area contributed by atoms with Gasteiger partial charge in [0.2, 0.25) is 0 Å². The van der Waals surface area contributed by atoms with Crippen LogP contribution in [0.3, 0.4) is 0 Å². The van der Waals surface area contributed by atoms with E-state index in [0.29, 0.717) is 0 Å². The third kappa shape index (κ3) is 9.97. The summed E-state index contributed by atoms with van der Waals surface area (Å²) in [4.78, 5) is 1.26. The highest BCUT2D eigenvalue weighted by molar-refractivity contribution is 7.99. The normalized spacial score (nSPS) is 12.5. The Balaban J connectivity index is 1.96. The summed E-state index contributed by atoms with van der Waals surface area (Å²) in [6.07, 6.45) is 11.4. The number of aliphatic hydroxyl groups excluding tert-OH is 1. The van der Waals surface area contributed by atoms with Gasteiger partial charge in [-0.25, -0.2) is 0 Å². The number of hydrogen-bond acceptors (Lipinski definition) is 2. The lowest BCUT2D eigenvalue weighted by Crippen LogP contribution is -2.09. The van der Waals surface area contributed by atoms with Crippen molar-refractivity contribution in [3.05, 3.63) is 29.8 Å². The molecule has 21 heavy (non-hydrogen) atoms. The molecule has 2 heteroatoms. The van der Waals surface area contributed by atoms with E-state index in [1.807, 2.05) is 0 Å². The van der Waals surface area contributed by atoms with Crippen LogP contribution in [0.5, 0.6) is 0 Å². The minimum Gasteiger partial charge on any atom is -0.392 e. The fourth-order valence-corrected chi connectivity index (χ4v) is 3.30. The van der Waals surface area contributed by atoms with Gasteiger partial charge in [-0.15, -0.1) is 11.8 Å². The van der Waals surface area contributed by atoms with Gasteiger partial charge in [-0.1, -0.05) is 76.0 Å². The molecule has 0 aliphatic carbocycles. The predicted octanol–water partition coefficient (Wildman–Crippen LogP) is 5.98. The molecule has 0 radical (unpaired) electrons. The Morgan fingerprint density at radius 3 is 2.10 bits per heavy atom. The van der Waals surface area contributed by atoms with Crippen LogP contribution < -0.4 is 0 Å². The molecule has 0 aliphatic rings. The molecule has 1 nitrogen and oxygen atoms in total. The van der Waals surface area contributed by atoms with Crippen molar-refractivity contribution in [2.24, 2.45) is 0 Å². The monoisotopic (exact) mass is 308 g/mol. The molecule has 0 saturated heterocycles. The first kappa shape index (κ1) is 18.6. The van der Waals surface area contributed by atoms with Gasteiger partial charge in [0.05, 0.1) is 6.10 Å². The number of unbranched alkanes of at least 4 members (excludes halogenated alkanes) is 7. The Labute approximate surface area is 135 Å². The van der Waals surface area contributed by atoms with Crippen LogP contribution in [0, 0.1) is 6.92 Å². The Bertz CT molecular complexity index is 347. The van der Waals surface area contributed by atoms with E-state index in [9.17, 15) is 5.11 Å². The number of rotatable bonds is 12. The lowest BCUT2D eigenvalue weighted by Gasteiger charge is -2.10. The van der Waals surface area contributed by atoms with Gasteiger partial charge in [-0.2, -0.15) is 0 Å². The highest BCUT2D eigenvalue weighted by Crippen LogP contribution is 2.21. The van der Waals surface area contributed by atoms with E-state index in [0.717, 1.165) is 12.2 Å². The molecule has 0 aromatic heterocycles. The maximum absolute atomic E-state index is 10.0. The van der Waals surface area contributed by atoms with Gasteiger partial charge >= 0.3 is 0 Å². The van der Waals surface area contributed by atoms with Crippen LogP contribution in [0.1, 0.15) is 70.3 Å². The summed E-state index contributed by atoms with van der Waals surface area (Å²) in [5, 5.41) is 10.0.